The summed E-state index contributed by atoms with van der Waals surface area (Å²) in [5, 5.41) is 3.40. The van der Waals surface area contributed by atoms with E-state index in [0.717, 1.165) is 51.6 Å². The lowest BCUT2D eigenvalue weighted by Gasteiger charge is -2.34. The monoisotopic (exact) mass is 318 g/mol. The van der Waals surface area contributed by atoms with Gasteiger partial charge < -0.3 is 19.9 Å². The smallest absolute Gasteiger partial charge is 0.142 e. The van der Waals surface area contributed by atoms with Crippen LogP contribution in [-0.4, -0.2) is 75.8 Å². The molecule has 0 bridgehead atoms. The molecule has 2 saturated heterocycles. The minimum atomic E-state index is 1.01. The number of ether oxygens (including phenoxy) is 1. The normalized spacial score (nSPS) is 20.7. The average Bonchev–Trinajstić information content (AvgIpc) is 2.63. The lowest BCUT2D eigenvalue weighted by molar-refractivity contribution is 0.132. The first-order chi connectivity index (χ1) is 11.3. The van der Waals surface area contributed by atoms with Gasteiger partial charge in [0.1, 0.15) is 5.75 Å². The van der Waals surface area contributed by atoms with Gasteiger partial charge in [-0.15, -0.1) is 0 Å². The largest absolute Gasteiger partial charge is 0.495 e. The molecule has 2 aliphatic rings. The van der Waals surface area contributed by atoms with Gasteiger partial charge in [-0.25, -0.2) is 0 Å². The number of nitrogens with zero attached hydrogens (tertiary/aromatic N) is 3. The van der Waals surface area contributed by atoms with Crippen molar-refractivity contribution in [3.8, 4) is 5.75 Å². The Hall–Kier alpha value is -1.30. The fourth-order valence-corrected chi connectivity index (χ4v) is 3.51. The predicted octanol–water partition coefficient (Wildman–Crippen LogP) is 1.24. The number of hydrogen-bond acceptors (Lipinski definition) is 5. The SMILES string of the molecule is CCN1CCN(Cc2ccc(N3CCNCC3)c(OC)c2)CC1. The Bertz CT molecular complexity index is 494. The second kappa shape index (κ2) is 7.99. The van der Waals surface area contributed by atoms with E-state index >= 15 is 0 Å². The molecule has 1 N–H and O–H groups in total. The molecule has 128 valence electrons. The Morgan fingerprint density at radius 1 is 1.00 bits per heavy atom. The van der Waals surface area contributed by atoms with Crippen LogP contribution >= 0.6 is 0 Å². The topological polar surface area (TPSA) is 31.0 Å². The van der Waals surface area contributed by atoms with E-state index in [0.29, 0.717) is 0 Å². The zero-order chi connectivity index (χ0) is 16.1. The Balaban J connectivity index is 1.64. The predicted molar refractivity (Wildman–Crippen MR) is 95.5 cm³/mol. The molecule has 1 aromatic carbocycles. The molecule has 0 saturated carbocycles. The maximum absolute atomic E-state index is 5.67. The van der Waals surface area contributed by atoms with Crippen LogP contribution in [0.5, 0.6) is 5.75 Å². The van der Waals surface area contributed by atoms with Crippen molar-refractivity contribution in [3.05, 3.63) is 23.8 Å². The van der Waals surface area contributed by atoms with Crippen molar-refractivity contribution in [2.75, 3.05) is 70.9 Å². The zero-order valence-electron chi connectivity index (χ0n) is 14.6. The van der Waals surface area contributed by atoms with E-state index in [1.54, 1.807) is 7.11 Å². The van der Waals surface area contributed by atoms with Gasteiger partial charge in [-0.1, -0.05) is 13.0 Å². The summed E-state index contributed by atoms with van der Waals surface area (Å²) < 4.78 is 5.67. The highest BCUT2D eigenvalue weighted by molar-refractivity contribution is 5.60. The molecule has 0 unspecified atom stereocenters. The van der Waals surface area contributed by atoms with E-state index in [1.165, 1.54) is 30.9 Å². The molecule has 0 amide bonds. The van der Waals surface area contributed by atoms with Gasteiger partial charge in [0.2, 0.25) is 0 Å². The van der Waals surface area contributed by atoms with Crippen LogP contribution in [0.1, 0.15) is 12.5 Å². The highest BCUT2D eigenvalue weighted by Gasteiger charge is 2.18. The molecule has 2 fully saturated rings. The van der Waals surface area contributed by atoms with Gasteiger partial charge >= 0.3 is 0 Å². The Morgan fingerprint density at radius 2 is 1.70 bits per heavy atom. The molecule has 0 spiro atoms. The lowest BCUT2D eigenvalue weighted by atomic mass is 10.1. The molecule has 5 heteroatoms. The van der Waals surface area contributed by atoms with Crippen molar-refractivity contribution in [1.82, 2.24) is 15.1 Å². The van der Waals surface area contributed by atoms with Crippen molar-refractivity contribution in [2.45, 2.75) is 13.5 Å². The molecular weight excluding hydrogens is 288 g/mol. The molecule has 0 radical (unpaired) electrons. The number of methoxy groups -OCH3 is 1. The van der Waals surface area contributed by atoms with Gasteiger partial charge in [0.05, 0.1) is 12.8 Å². The summed E-state index contributed by atoms with van der Waals surface area (Å²) >= 11 is 0. The minimum absolute atomic E-state index is 1.01. The molecule has 1 aromatic rings. The second-order valence-electron chi connectivity index (χ2n) is 6.45. The van der Waals surface area contributed by atoms with Crippen LogP contribution in [0.3, 0.4) is 0 Å². The first-order valence-electron chi connectivity index (χ1n) is 8.87. The number of benzene rings is 1. The van der Waals surface area contributed by atoms with Crippen molar-refractivity contribution >= 4 is 5.69 Å². The third-order valence-corrected chi connectivity index (χ3v) is 5.02. The zero-order valence-corrected chi connectivity index (χ0v) is 14.6. The number of likely N-dealkylation sites (N-methyl/N-ethyl adjacent to an activating group) is 1. The van der Waals surface area contributed by atoms with Gasteiger partial charge in [-0.2, -0.15) is 0 Å². The summed E-state index contributed by atoms with van der Waals surface area (Å²) in [7, 11) is 1.78. The van der Waals surface area contributed by atoms with Crippen molar-refractivity contribution < 1.29 is 4.74 Å². The van der Waals surface area contributed by atoms with Gasteiger partial charge in [0.15, 0.2) is 0 Å². The van der Waals surface area contributed by atoms with Gasteiger partial charge in [0, 0.05) is 58.9 Å². The summed E-state index contributed by atoms with van der Waals surface area (Å²) in [6, 6.07) is 6.73. The van der Waals surface area contributed by atoms with E-state index in [-0.39, 0.29) is 0 Å². The van der Waals surface area contributed by atoms with E-state index in [1.807, 2.05) is 0 Å². The molecule has 23 heavy (non-hydrogen) atoms. The van der Waals surface area contributed by atoms with Crippen LogP contribution in [-0.2, 0) is 6.54 Å². The van der Waals surface area contributed by atoms with Crippen LogP contribution in [0, 0.1) is 0 Å². The van der Waals surface area contributed by atoms with Crippen LogP contribution < -0.4 is 15.0 Å². The fraction of sp³-hybridized carbons (Fsp3) is 0.667. The molecule has 0 atom stereocenters. The summed E-state index contributed by atoms with van der Waals surface area (Å²) in [6.45, 7) is 13.3. The van der Waals surface area contributed by atoms with Gasteiger partial charge in [-0.05, 0) is 24.2 Å². The van der Waals surface area contributed by atoms with Crippen molar-refractivity contribution in [3.63, 3.8) is 0 Å². The third-order valence-electron chi connectivity index (χ3n) is 5.02. The van der Waals surface area contributed by atoms with Crippen LogP contribution in [0.15, 0.2) is 18.2 Å². The fourth-order valence-electron chi connectivity index (χ4n) is 3.51. The van der Waals surface area contributed by atoms with Crippen molar-refractivity contribution in [2.24, 2.45) is 0 Å². The second-order valence-corrected chi connectivity index (χ2v) is 6.45. The number of anilines is 1. The summed E-state index contributed by atoms with van der Waals surface area (Å²) in [5.41, 5.74) is 2.58. The maximum Gasteiger partial charge on any atom is 0.142 e. The summed E-state index contributed by atoms with van der Waals surface area (Å²) in [6.07, 6.45) is 0. The van der Waals surface area contributed by atoms with E-state index < -0.39 is 0 Å². The molecule has 2 aliphatic heterocycles. The quantitative estimate of drug-likeness (QED) is 0.883. The Morgan fingerprint density at radius 3 is 2.35 bits per heavy atom. The number of nitrogens with one attached hydrogen (secondary N) is 1. The molecule has 5 nitrogen and oxygen atoms in total. The van der Waals surface area contributed by atoms with E-state index in [2.05, 4.69) is 45.1 Å². The Kier molecular flexibility index (Phi) is 5.75. The maximum atomic E-state index is 5.67. The standard InChI is InChI=1S/C18H30N4O/c1-3-20-10-12-21(13-11-20)15-16-4-5-17(18(14-16)23-2)22-8-6-19-7-9-22/h4-5,14,19H,3,6-13,15H2,1-2H3. The highest BCUT2D eigenvalue weighted by atomic mass is 16.5. The number of piperazine rings is 2. The van der Waals surface area contributed by atoms with E-state index in [9.17, 15) is 0 Å². The first-order valence-corrected chi connectivity index (χ1v) is 8.87. The molecule has 2 heterocycles. The summed E-state index contributed by atoms with van der Waals surface area (Å²) in [5.74, 6) is 1.01. The van der Waals surface area contributed by atoms with Crippen LogP contribution in [0.2, 0.25) is 0 Å². The number of rotatable bonds is 5. The lowest BCUT2D eigenvalue weighted by Crippen LogP contribution is -2.45. The molecule has 0 aliphatic carbocycles. The van der Waals surface area contributed by atoms with Crippen LogP contribution in [0.4, 0.5) is 5.69 Å². The number of hydrogen-bond donors (Lipinski definition) is 1. The summed E-state index contributed by atoms with van der Waals surface area (Å²) in [4.78, 5) is 7.48. The average molecular weight is 318 g/mol. The first kappa shape index (κ1) is 16.6. The minimum Gasteiger partial charge on any atom is -0.495 e. The third kappa shape index (κ3) is 4.16. The van der Waals surface area contributed by atoms with Crippen molar-refractivity contribution in [1.29, 1.82) is 0 Å². The molecule has 0 aromatic heterocycles. The Labute approximate surface area is 140 Å². The van der Waals surface area contributed by atoms with Gasteiger partial charge in [-0.3, -0.25) is 4.90 Å². The highest BCUT2D eigenvalue weighted by Crippen LogP contribution is 2.30. The van der Waals surface area contributed by atoms with E-state index in [4.69, 9.17) is 4.74 Å². The van der Waals surface area contributed by atoms with Gasteiger partial charge in [0.25, 0.3) is 0 Å². The molecular formula is C18H30N4O. The van der Waals surface area contributed by atoms with Crippen LogP contribution in [0.25, 0.3) is 0 Å². The molecule has 3 rings (SSSR count).